The Labute approximate surface area is 210 Å². The van der Waals surface area contributed by atoms with Crippen LogP contribution in [0, 0.1) is 6.08 Å². The second kappa shape index (κ2) is 12.6. The lowest BCUT2D eigenvalue weighted by Crippen LogP contribution is -1.94. The highest BCUT2D eigenvalue weighted by Gasteiger charge is 2.16. The molecule has 3 aromatic rings. The van der Waals surface area contributed by atoms with Crippen molar-refractivity contribution in [3.63, 3.8) is 0 Å². The van der Waals surface area contributed by atoms with Gasteiger partial charge in [0.25, 0.3) is 0 Å². The largest absolute Gasteiger partial charge is 0.309 e. The van der Waals surface area contributed by atoms with Gasteiger partial charge >= 0.3 is 6.08 Å². The summed E-state index contributed by atoms with van der Waals surface area (Å²) in [5.74, 6) is 0. The molecule has 0 amide bonds. The van der Waals surface area contributed by atoms with Gasteiger partial charge in [0.05, 0.1) is 28.7 Å². The summed E-state index contributed by atoms with van der Waals surface area (Å²) in [6.45, 7) is 4.45. The van der Waals surface area contributed by atoms with Gasteiger partial charge in [0.1, 0.15) is 0 Å². The first-order chi connectivity index (χ1) is 15.0. The molecule has 0 radical (unpaired) electrons. The van der Waals surface area contributed by atoms with Crippen molar-refractivity contribution in [3.8, 4) is 21.1 Å². The molecule has 0 unspecified atom stereocenters. The first kappa shape index (κ1) is 25.0. The van der Waals surface area contributed by atoms with Crippen molar-refractivity contribution >= 4 is 54.5 Å². The summed E-state index contributed by atoms with van der Waals surface area (Å²) in [5, 5.41) is 0. The summed E-state index contributed by atoms with van der Waals surface area (Å²) in [6, 6.07) is 6.22. The molecule has 168 valence electrons. The average molecular weight is 588 g/mol. The molecule has 0 bridgehead atoms. The number of hydrogen-bond donors (Lipinski definition) is 0. The van der Waals surface area contributed by atoms with Crippen molar-refractivity contribution < 1.29 is 4.39 Å². The summed E-state index contributed by atoms with van der Waals surface area (Å²) in [7, 11) is 0. The second-order valence-electron chi connectivity index (χ2n) is 7.85. The van der Waals surface area contributed by atoms with Crippen molar-refractivity contribution in [3.05, 3.63) is 43.0 Å². The molecule has 3 rings (SSSR count). The van der Waals surface area contributed by atoms with E-state index in [1.54, 1.807) is 22.7 Å². The number of aryl methyl sites for hydroxylation is 2. The predicted molar refractivity (Wildman–Crippen MR) is 140 cm³/mol. The molecule has 31 heavy (non-hydrogen) atoms. The Kier molecular flexibility index (Phi) is 10.1. The van der Waals surface area contributed by atoms with E-state index in [2.05, 4.69) is 67.8 Å². The van der Waals surface area contributed by atoms with E-state index in [1.165, 1.54) is 62.5 Å². The molecule has 7 heteroatoms. The maximum absolute atomic E-state index is 14.4. The van der Waals surface area contributed by atoms with Gasteiger partial charge in [0, 0.05) is 0 Å². The van der Waals surface area contributed by atoms with Crippen LogP contribution in [0.2, 0.25) is 0 Å². The van der Waals surface area contributed by atoms with Crippen LogP contribution in [0.15, 0.2) is 25.8 Å². The normalized spacial score (nSPS) is 11.4. The zero-order chi connectivity index (χ0) is 22.2. The molecule has 0 saturated heterocycles. The number of thiophene rings is 2. The van der Waals surface area contributed by atoms with Gasteiger partial charge in [0.2, 0.25) is 0 Å². The zero-order valence-corrected chi connectivity index (χ0v) is 23.0. The minimum Gasteiger partial charge on any atom is -0.201 e. The van der Waals surface area contributed by atoms with Gasteiger partial charge in [-0.25, -0.2) is 9.97 Å². The van der Waals surface area contributed by atoms with E-state index in [9.17, 15) is 4.39 Å². The Hall–Kier alpha value is -0.630. The van der Waals surface area contributed by atoms with Crippen LogP contribution in [-0.2, 0) is 12.8 Å². The van der Waals surface area contributed by atoms with Crippen molar-refractivity contribution in [2.24, 2.45) is 0 Å². The topological polar surface area (TPSA) is 25.8 Å². The molecule has 0 aromatic carbocycles. The molecule has 0 aliphatic heterocycles. The van der Waals surface area contributed by atoms with Gasteiger partial charge < -0.3 is 0 Å². The van der Waals surface area contributed by atoms with Gasteiger partial charge in [-0.1, -0.05) is 52.4 Å². The van der Waals surface area contributed by atoms with Crippen LogP contribution in [0.5, 0.6) is 0 Å². The molecule has 0 aliphatic carbocycles. The molecular formula is C24H29Br2FN2S2. The van der Waals surface area contributed by atoms with Crippen LogP contribution in [0.25, 0.3) is 21.1 Å². The standard InChI is InChI=1S/C24H29Br2FN2S2/c1-3-5-7-9-11-16-13-20(30-22(16)25)18-15-19(29-24(27)28-18)21-14-17(23(26)31-21)12-10-8-6-4-2/h13-15H,3-12H2,1-2H3. The van der Waals surface area contributed by atoms with Gasteiger partial charge in [-0.3, -0.25) is 0 Å². The number of unbranched alkanes of at least 4 members (excludes halogenated alkanes) is 6. The molecule has 0 aliphatic rings. The lowest BCUT2D eigenvalue weighted by Gasteiger charge is -2.01. The minimum absolute atomic E-state index is 0.655. The monoisotopic (exact) mass is 586 g/mol. The Morgan fingerprint density at radius 3 is 1.58 bits per heavy atom. The highest BCUT2D eigenvalue weighted by molar-refractivity contribution is 9.11. The molecule has 0 spiro atoms. The second-order valence-corrected chi connectivity index (χ2v) is 12.6. The predicted octanol–water partition coefficient (Wildman–Crippen LogP) is 9.84. The van der Waals surface area contributed by atoms with E-state index >= 15 is 0 Å². The molecule has 0 atom stereocenters. The zero-order valence-electron chi connectivity index (χ0n) is 18.1. The third kappa shape index (κ3) is 7.18. The lowest BCUT2D eigenvalue weighted by atomic mass is 10.1. The third-order valence-corrected chi connectivity index (χ3v) is 9.28. The summed E-state index contributed by atoms with van der Waals surface area (Å²) in [6.07, 6.45) is 11.3. The van der Waals surface area contributed by atoms with Crippen LogP contribution in [0.4, 0.5) is 4.39 Å². The van der Waals surface area contributed by atoms with E-state index in [1.807, 2.05) is 6.07 Å². The van der Waals surface area contributed by atoms with Crippen molar-refractivity contribution in [1.82, 2.24) is 9.97 Å². The van der Waals surface area contributed by atoms with E-state index in [0.29, 0.717) is 11.4 Å². The van der Waals surface area contributed by atoms with Crippen LogP contribution in [0.3, 0.4) is 0 Å². The van der Waals surface area contributed by atoms with Crippen molar-refractivity contribution in [2.45, 2.75) is 78.1 Å². The van der Waals surface area contributed by atoms with Crippen LogP contribution in [0.1, 0.15) is 76.3 Å². The van der Waals surface area contributed by atoms with Crippen LogP contribution in [-0.4, -0.2) is 9.97 Å². The fourth-order valence-electron chi connectivity index (χ4n) is 3.56. The molecule has 0 saturated carbocycles. The van der Waals surface area contributed by atoms with E-state index < -0.39 is 6.08 Å². The van der Waals surface area contributed by atoms with Gasteiger partial charge in [-0.2, -0.15) is 4.39 Å². The molecule has 2 nitrogen and oxygen atoms in total. The molecule has 3 aromatic heterocycles. The maximum atomic E-state index is 14.4. The smallest absolute Gasteiger partial charge is 0.201 e. The average Bonchev–Trinajstić information content (AvgIpc) is 3.31. The Bertz CT molecular complexity index is 910. The van der Waals surface area contributed by atoms with Crippen molar-refractivity contribution in [1.29, 1.82) is 0 Å². The maximum Gasteiger partial charge on any atom is 0.309 e. The van der Waals surface area contributed by atoms with Gasteiger partial charge in [-0.05, 0) is 86.9 Å². The highest BCUT2D eigenvalue weighted by atomic mass is 79.9. The number of aromatic nitrogens is 2. The summed E-state index contributed by atoms with van der Waals surface area (Å²) < 4.78 is 16.6. The molecular weight excluding hydrogens is 559 g/mol. The number of nitrogens with zero attached hydrogens (tertiary/aromatic N) is 2. The van der Waals surface area contributed by atoms with Gasteiger partial charge in [-0.15, -0.1) is 22.7 Å². The van der Waals surface area contributed by atoms with Crippen molar-refractivity contribution in [2.75, 3.05) is 0 Å². The molecule has 3 heterocycles. The Morgan fingerprint density at radius 2 is 1.16 bits per heavy atom. The van der Waals surface area contributed by atoms with E-state index in [-0.39, 0.29) is 0 Å². The fourth-order valence-corrected chi connectivity index (χ4v) is 7.02. The van der Waals surface area contributed by atoms with Crippen LogP contribution < -0.4 is 0 Å². The molecule has 0 fully saturated rings. The minimum atomic E-state index is -0.671. The van der Waals surface area contributed by atoms with Crippen LogP contribution >= 0.6 is 54.5 Å². The molecule has 0 N–H and O–H groups in total. The Morgan fingerprint density at radius 1 is 0.710 bits per heavy atom. The van der Waals surface area contributed by atoms with E-state index in [0.717, 1.165) is 30.2 Å². The number of rotatable bonds is 12. The summed E-state index contributed by atoms with van der Waals surface area (Å²) >= 11 is 10.6. The first-order valence-electron chi connectivity index (χ1n) is 11.1. The summed E-state index contributed by atoms with van der Waals surface area (Å²) in [4.78, 5) is 10.2. The Balaban J connectivity index is 1.78. The fraction of sp³-hybridized carbons (Fsp3) is 0.500. The number of hydrogen-bond acceptors (Lipinski definition) is 4. The summed E-state index contributed by atoms with van der Waals surface area (Å²) in [5.41, 5.74) is 3.87. The van der Waals surface area contributed by atoms with Gasteiger partial charge in [0.15, 0.2) is 0 Å². The number of halogens is 3. The first-order valence-corrected chi connectivity index (χ1v) is 14.4. The quantitative estimate of drug-likeness (QED) is 0.156. The lowest BCUT2D eigenvalue weighted by molar-refractivity contribution is 0.542. The van der Waals surface area contributed by atoms with E-state index in [4.69, 9.17) is 0 Å². The third-order valence-electron chi connectivity index (χ3n) is 5.32. The highest BCUT2D eigenvalue weighted by Crippen LogP contribution is 2.39. The SMILES string of the molecule is CCCCCCc1cc(-c2cc(-c3cc(CCCCCC)c(Br)s3)nc(F)n2)sc1Br.